The molecule has 232 valence electrons. The summed E-state index contributed by atoms with van der Waals surface area (Å²) in [5, 5.41) is 10.2. The smallest absolute Gasteiger partial charge is 0.316 e. The number of allylic oxidation sites excluding steroid dienone is 4. The van der Waals surface area contributed by atoms with E-state index in [1.165, 1.54) is 18.9 Å². The van der Waals surface area contributed by atoms with E-state index in [0.717, 1.165) is 49.4 Å². The minimum Gasteiger partial charge on any atom is -0.462 e. The van der Waals surface area contributed by atoms with E-state index >= 15 is 0 Å². The van der Waals surface area contributed by atoms with E-state index in [0.29, 0.717) is 40.9 Å². The molecule has 1 aromatic heterocycles. The maximum Gasteiger partial charge on any atom is 0.316 e. The minimum atomic E-state index is -0.388. The van der Waals surface area contributed by atoms with Gasteiger partial charge in [0.05, 0.1) is 11.1 Å². The van der Waals surface area contributed by atoms with Gasteiger partial charge in [0.15, 0.2) is 0 Å². The average Bonchev–Trinajstić information content (AvgIpc) is 2.96. The zero-order chi connectivity index (χ0) is 30.7. The number of likely N-dealkylation sites (tertiary alicyclic amines) is 1. The lowest BCUT2D eigenvalue weighted by molar-refractivity contribution is -0.0134. The van der Waals surface area contributed by atoms with Crippen molar-refractivity contribution in [1.82, 2.24) is 30.8 Å². The van der Waals surface area contributed by atoms with Crippen molar-refractivity contribution in [2.45, 2.75) is 59.5 Å². The fourth-order valence-corrected chi connectivity index (χ4v) is 6.55. The summed E-state index contributed by atoms with van der Waals surface area (Å²) in [5.74, 6) is -1.06. The van der Waals surface area contributed by atoms with E-state index < -0.39 is 0 Å². The summed E-state index contributed by atoms with van der Waals surface area (Å²) in [4.78, 5) is 27.7. The second-order valence-corrected chi connectivity index (χ2v) is 12.4. The standard InChI is InChI=1S/C33H46FN7O2/c1-7-33(8-2)19-40(20-33)11-12-43-32-36-16-27-29(41-17-21(3)37-22(4)18-41)10-9-26(30(27)39-32)31(42)38-25-13-24(15-35-6)23(5)28(34)14-25/h9-10,13-16,21-23,35,37H,7-8,11-12,17-20H2,1-6H3,(H,38,42)/b24-15-/t21-,22+,23?. The summed E-state index contributed by atoms with van der Waals surface area (Å²) in [7, 11) is 1.77. The highest BCUT2D eigenvalue weighted by atomic mass is 19.1. The molecule has 3 heterocycles. The molecule has 0 spiro atoms. The molecule has 1 amide bonds. The molecule has 2 aliphatic heterocycles. The van der Waals surface area contributed by atoms with Crippen LogP contribution in [0.15, 0.2) is 53.8 Å². The number of amides is 1. The predicted octanol–water partition coefficient (Wildman–Crippen LogP) is 4.54. The highest BCUT2D eigenvalue weighted by Gasteiger charge is 2.39. The SMILES string of the molecule is CCC1(CC)CN(CCOc2ncc3c(N4C[C@@H](C)N[C@@H](C)C4)ccc(C(=O)NC4=C/C(=C/NC)C(C)C(F)=C4)c3n2)C1. The quantitative estimate of drug-likeness (QED) is 0.371. The van der Waals surface area contributed by atoms with Crippen molar-refractivity contribution in [2.75, 3.05) is 51.3 Å². The number of halogens is 1. The van der Waals surface area contributed by atoms with Gasteiger partial charge >= 0.3 is 6.01 Å². The molecule has 9 nitrogen and oxygen atoms in total. The zero-order valence-corrected chi connectivity index (χ0v) is 26.3. The zero-order valence-electron chi connectivity index (χ0n) is 26.3. The predicted molar refractivity (Wildman–Crippen MR) is 170 cm³/mol. The molecule has 2 aromatic rings. The number of nitrogens with one attached hydrogen (secondary N) is 3. The van der Waals surface area contributed by atoms with Gasteiger partial charge in [-0.2, -0.15) is 4.98 Å². The average molecular weight is 592 g/mol. The Balaban J connectivity index is 1.41. The van der Waals surface area contributed by atoms with Gasteiger partial charge in [-0.05, 0) is 62.0 Å². The highest BCUT2D eigenvalue weighted by molar-refractivity contribution is 6.09. The molecular formula is C33H46FN7O2. The number of rotatable bonds is 10. The number of anilines is 1. The van der Waals surface area contributed by atoms with Crippen LogP contribution in [0.2, 0.25) is 0 Å². The number of hydrogen-bond donors (Lipinski definition) is 3. The molecule has 3 aliphatic rings. The number of aromatic nitrogens is 2. The molecule has 1 aromatic carbocycles. The number of hydrogen-bond acceptors (Lipinski definition) is 8. The summed E-state index contributed by atoms with van der Waals surface area (Å²) >= 11 is 0. The monoisotopic (exact) mass is 591 g/mol. The van der Waals surface area contributed by atoms with Crippen LogP contribution in [0.4, 0.5) is 10.1 Å². The van der Waals surface area contributed by atoms with Crippen molar-refractivity contribution in [3.8, 4) is 6.01 Å². The first-order valence-electron chi connectivity index (χ1n) is 15.6. The van der Waals surface area contributed by atoms with Gasteiger partial charge in [-0.15, -0.1) is 0 Å². The Labute approximate surface area is 254 Å². The minimum absolute atomic E-state index is 0.245. The Morgan fingerprint density at radius 2 is 1.88 bits per heavy atom. The summed E-state index contributed by atoms with van der Waals surface area (Å²) in [6.07, 6.45) is 9.05. The maximum atomic E-state index is 14.7. The van der Waals surface area contributed by atoms with Crippen LogP contribution in [0.3, 0.4) is 0 Å². The van der Waals surface area contributed by atoms with Crippen molar-refractivity contribution >= 4 is 22.5 Å². The Kier molecular flexibility index (Phi) is 9.36. The summed E-state index contributed by atoms with van der Waals surface area (Å²) in [6, 6.07) is 4.63. The molecule has 2 fully saturated rings. The Bertz CT molecular complexity index is 1420. The van der Waals surface area contributed by atoms with E-state index in [-0.39, 0.29) is 23.7 Å². The third-order valence-electron chi connectivity index (χ3n) is 9.20. The van der Waals surface area contributed by atoms with Gasteiger partial charge in [-0.3, -0.25) is 9.69 Å². The Morgan fingerprint density at radius 3 is 2.56 bits per heavy atom. The van der Waals surface area contributed by atoms with Crippen molar-refractivity contribution in [3.63, 3.8) is 0 Å². The van der Waals surface area contributed by atoms with Crippen molar-refractivity contribution in [3.05, 3.63) is 59.3 Å². The summed E-state index contributed by atoms with van der Waals surface area (Å²) in [6.45, 7) is 15.8. The molecule has 1 aliphatic carbocycles. The fraction of sp³-hybridized carbons (Fsp3) is 0.545. The van der Waals surface area contributed by atoms with E-state index in [9.17, 15) is 9.18 Å². The molecule has 0 bridgehead atoms. The molecular weight excluding hydrogens is 545 g/mol. The highest BCUT2D eigenvalue weighted by Crippen LogP contribution is 2.37. The van der Waals surface area contributed by atoms with Crippen molar-refractivity contribution in [1.29, 1.82) is 0 Å². The number of nitrogens with zero attached hydrogens (tertiary/aromatic N) is 4. The lowest BCUT2D eigenvalue weighted by Crippen LogP contribution is -2.56. The molecule has 0 saturated carbocycles. The number of ether oxygens (including phenoxy) is 1. The van der Waals surface area contributed by atoms with Gasteiger partial charge in [-0.1, -0.05) is 20.8 Å². The van der Waals surface area contributed by atoms with Gasteiger partial charge in [0.25, 0.3) is 5.91 Å². The van der Waals surface area contributed by atoms with E-state index in [1.807, 2.05) is 6.07 Å². The van der Waals surface area contributed by atoms with E-state index in [2.05, 4.69) is 58.4 Å². The van der Waals surface area contributed by atoms with Crippen molar-refractivity contribution in [2.24, 2.45) is 11.3 Å². The van der Waals surface area contributed by atoms with Crippen LogP contribution < -0.4 is 25.6 Å². The van der Waals surface area contributed by atoms with Crippen LogP contribution in [0.1, 0.15) is 57.8 Å². The van der Waals surface area contributed by atoms with Crippen LogP contribution in [0.25, 0.3) is 10.9 Å². The normalized spacial score (nSPS) is 24.8. The van der Waals surface area contributed by atoms with Gasteiger partial charge < -0.3 is 25.6 Å². The van der Waals surface area contributed by atoms with E-state index in [4.69, 9.17) is 9.72 Å². The van der Waals surface area contributed by atoms with Gasteiger partial charge in [0, 0.05) is 86.9 Å². The van der Waals surface area contributed by atoms with Gasteiger partial charge in [-0.25, -0.2) is 9.37 Å². The maximum absolute atomic E-state index is 14.7. The second-order valence-electron chi connectivity index (χ2n) is 12.4. The topological polar surface area (TPSA) is 94.7 Å². The van der Waals surface area contributed by atoms with Crippen LogP contribution in [0, 0.1) is 11.3 Å². The van der Waals surface area contributed by atoms with Gasteiger partial charge in [0.2, 0.25) is 0 Å². The number of benzene rings is 1. The molecule has 3 atom stereocenters. The lowest BCUT2D eigenvalue weighted by Gasteiger charge is -2.49. The first-order chi connectivity index (χ1) is 20.6. The van der Waals surface area contributed by atoms with Gasteiger partial charge in [0.1, 0.15) is 12.4 Å². The van der Waals surface area contributed by atoms with Crippen LogP contribution in [-0.4, -0.2) is 79.2 Å². The van der Waals surface area contributed by atoms with Crippen molar-refractivity contribution < 1.29 is 13.9 Å². The first-order valence-corrected chi connectivity index (χ1v) is 15.6. The summed E-state index contributed by atoms with van der Waals surface area (Å²) < 4.78 is 20.7. The fourth-order valence-electron chi connectivity index (χ4n) is 6.55. The second kappa shape index (κ2) is 13.0. The molecule has 1 unspecified atom stereocenters. The largest absolute Gasteiger partial charge is 0.462 e. The third kappa shape index (κ3) is 6.70. The van der Waals surface area contributed by atoms with Crippen LogP contribution in [0.5, 0.6) is 6.01 Å². The third-order valence-corrected chi connectivity index (χ3v) is 9.20. The van der Waals surface area contributed by atoms with Crippen LogP contribution in [-0.2, 0) is 0 Å². The molecule has 3 N–H and O–H groups in total. The molecule has 10 heteroatoms. The van der Waals surface area contributed by atoms with Crippen LogP contribution >= 0.6 is 0 Å². The first kappa shape index (κ1) is 30.9. The number of carbonyl (C=O) groups excluding carboxylic acids is 1. The summed E-state index contributed by atoms with van der Waals surface area (Å²) in [5.41, 5.74) is 3.44. The molecule has 2 saturated heterocycles. The Morgan fingerprint density at radius 1 is 1.16 bits per heavy atom. The number of carbonyl (C=O) groups is 1. The number of fused-ring (bicyclic) bond motifs is 1. The molecule has 43 heavy (non-hydrogen) atoms. The lowest BCUT2D eigenvalue weighted by atomic mass is 9.75. The molecule has 5 rings (SSSR count). The molecule has 0 radical (unpaired) electrons. The van der Waals surface area contributed by atoms with E-state index in [1.54, 1.807) is 38.5 Å². The number of piperazine rings is 1. The Hall–Kier alpha value is -3.50.